The van der Waals surface area contributed by atoms with Crippen molar-refractivity contribution in [3.63, 3.8) is 0 Å². The predicted octanol–water partition coefficient (Wildman–Crippen LogP) is 1.83. The van der Waals surface area contributed by atoms with Gasteiger partial charge >= 0.3 is 12.2 Å². The van der Waals surface area contributed by atoms with Gasteiger partial charge in [0.25, 0.3) is 0 Å². The fraction of sp³-hybridized carbons (Fsp3) is 0.333. The van der Waals surface area contributed by atoms with Gasteiger partial charge in [0.15, 0.2) is 0 Å². The van der Waals surface area contributed by atoms with Crippen molar-refractivity contribution in [2.24, 2.45) is 5.73 Å². The first-order chi connectivity index (χ1) is 8.30. The molecule has 2 amide bonds. The van der Waals surface area contributed by atoms with Crippen LogP contribution < -0.4 is 16.4 Å². The van der Waals surface area contributed by atoms with Gasteiger partial charge in [-0.15, -0.1) is 0 Å². The first-order valence-electron chi connectivity index (χ1n) is 4.80. The number of anilines is 1. The van der Waals surface area contributed by atoms with Gasteiger partial charge in [-0.1, -0.05) is 11.6 Å². The molecule has 0 radical (unpaired) electrons. The highest BCUT2D eigenvalue weighted by molar-refractivity contribution is 6.32. The van der Waals surface area contributed by atoms with E-state index in [1.165, 1.54) is 0 Å². The lowest BCUT2D eigenvalue weighted by molar-refractivity contribution is -0.137. The van der Waals surface area contributed by atoms with E-state index in [1.807, 2.05) is 0 Å². The van der Waals surface area contributed by atoms with Crippen LogP contribution in [0, 0.1) is 0 Å². The van der Waals surface area contributed by atoms with E-state index in [9.17, 15) is 18.0 Å². The Morgan fingerprint density at radius 3 is 2.61 bits per heavy atom. The van der Waals surface area contributed by atoms with Gasteiger partial charge in [-0.25, -0.2) is 9.78 Å². The van der Waals surface area contributed by atoms with E-state index in [0.29, 0.717) is 6.20 Å². The quantitative estimate of drug-likeness (QED) is 0.737. The monoisotopic (exact) mass is 282 g/mol. The SMILES string of the molecule is NC(=O)NCCNc1ncc(C(F)(F)F)cc1Cl. The number of halogens is 4. The van der Waals surface area contributed by atoms with Gasteiger partial charge in [0.05, 0.1) is 10.6 Å². The van der Waals surface area contributed by atoms with Gasteiger partial charge in [0.2, 0.25) is 0 Å². The minimum atomic E-state index is -4.48. The number of primary amides is 1. The van der Waals surface area contributed by atoms with Crippen molar-refractivity contribution in [2.75, 3.05) is 18.4 Å². The molecule has 0 bridgehead atoms. The number of nitrogens with zero attached hydrogens (tertiary/aromatic N) is 1. The normalized spacial score (nSPS) is 11.1. The van der Waals surface area contributed by atoms with Crippen LogP contribution in [0.4, 0.5) is 23.8 Å². The van der Waals surface area contributed by atoms with E-state index in [4.69, 9.17) is 17.3 Å². The maximum atomic E-state index is 12.3. The second-order valence-electron chi connectivity index (χ2n) is 3.27. The summed E-state index contributed by atoms with van der Waals surface area (Å²) in [5.41, 5.74) is 3.90. The summed E-state index contributed by atoms with van der Waals surface area (Å²) < 4.78 is 36.9. The van der Waals surface area contributed by atoms with Crippen LogP contribution in [0.1, 0.15) is 5.56 Å². The highest BCUT2D eigenvalue weighted by Gasteiger charge is 2.31. The number of carbonyl (C=O) groups excluding carboxylic acids is 1. The van der Waals surface area contributed by atoms with Gasteiger partial charge in [0, 0.05) is 19.3 Å². The Morgan fingerprint density at radius 2 is 2.11 bits per heavy atom. The van der Waals surface area contributed by atoms with Crippen LogP contribution in [0.3, 0.4) is 0 Å². The lowest BCUT2D eigenvalue weighted by Crippen LogP contribution is -2.33. The number of hydrogen-bond donors (Lipinski definition) is 3. The molecular formula is C9H10ClF3N4O. The van der Waals surface area contributed by atoms with Crippen LogP contribution >= 0.6 is 11.6 Å². The van der Waals surface area contributed by atoms with Crippen molar-refractivity contribution in [1.29, 1.82) is 0 Å². The number of nitrogens with two attached hydrogens (primary N) is 1. The molecule has 0 spiro atoms. The molecule has 5 nitrogen and oxygen atoms in total. The predicted molar refractivity (Wildman–Crippen MR) is 60.3 cm³/mol. The van der Waals surface area contributed by atoms with E-state index in [2.05, 4.69) is 15.6 Å². The van der Waals surface area contributed by atoms with Crippen LogP contribution in [0.25, 0.3) is 0 Å². The van der Waals surface area contributed by atoms with E-state index in [1.54, 1.807) is 0 Å². The Morgan fingerprint density at radius 1 is 1.44 bits per heavy atom. The molecule has 18 heavy (non-hydrogen) atoms. The molecule has 1 rings (SSSR count). The van der Waals surface area contributed by atoms with Gasteiger partial charge in [-0.05, 0) is 6.07 Å². The molecule has 4 N–H and O–H groups in total. The van der Waals surface area contributed by atoms with Gasteiger partial charge < -0.3 is 16.4 Å². The largest absolute Gasteiger partial charge is 0.417 e. The summed E-state index contributed by atoms with van der Waals surface area (Å²) in [6.45, 7) is 0.440. The average molecular weight is 283 g/mol. The molecule has 0 aromatic carbocycles. The first kappa shape index (κ1) is 14.4. The molecule has 0 aliphatic rings. The number of hydrogen-bond acceptors (Lipinski definition) is 3. The van der Waals surface area contributed by atoms with Crippen LogP contribution in [0.2, 0.25) is 5.02 Å². The molecule has 0 saturated carbocycles. The molecule has 0 aliphatic carbocycles. The molecule has 0 unspecified atom stereocenters. The molecule has 100 valence electrons. The summed E-state index contributed by atoms with van der Waals surface area (Å²) in [7, 11) is 0. The number of urea groups is 1. The van der Waals surface area contributed by atoms with E-state index >= 15 is 0 Å². The van der Waals surface area contributed by atoms with Gasteiger partial charge in [-0.2, -0.15) is 13.2 Å². The molecule has 1 aromatic heterocycles. The van der Waals surface area contributed by atoms with Crippen molar-refractivity contribution in [3.05, 3.63) is 22.8 Å². The smallest absolute Gasteiger partial charge is 0.367 e. The molecule has 0 atom stereocenters. The summed E-state index contributed by atoms with van der Waals surface area (Å²) >= 11 is 5.64. The van der Waals surface area contributed by atoms with E-state index in [0.717, 1.165) is 6.07 Å². The lowest BCUT2D eigenvalue weighted by atomic mass is 10.3. The van der Waals surface area contributed by atoms with Crippen LogP contribution in [0.15, 0.2) is 12.3 Å². The van der Waals surface area contributed by atoms with E-state index in [-0.39, 0.29) is 23.9 Å². The van der Waals surface area contributed by atoms with Crippen molar-refractivity contribution >= 4 is 23.4 Å². The molecular weight excluding hydrogens is 273 g/mol. The molecule has 1 heterocycles. The zero-order valence-corrected chi connectivity index (χ0v) is 9.77. The standard InChI is InChI=1S/C9H10ClF3N4O/c10-6-3-5(9(11,12)13)4-17-7(6)15-1-2-16-8(14)18/h3-4H,1-2H2,(H,15,17)(H3,14,16,18). The third kappa shape index (κ3) is 4.28. The van der Waals surface area contributed by atoms with Gasteiger partial charge in [-0.3, -0.25) is 0 Å². The maximum Gasteiger partial charge on any atom is 0.417 e. The van der Waals surface area contributed by atoms with E-state index < -0.39 is 17.8 Å². The van der Waals surface area contributed by atoms with Crippen molar-refractivity contribution in [2.45, 2.75) is 6.18 Å². The van der Waals surface area contributed by atoms with Crippen molar-refractivity contribution in [1.82, 2.24) is 10.3 Å². The van der Waals surface area contributed by atoms with Gasteiger partial charge in [0.1, 0.15) is 5.82 Å². The summed E-state index contributed by atoms with van der Waals surface area (Å²) in [6, 6.07) is 0.0848. The highest BCUT2D eigenvalue weighted by Crippen LogP contribution is 2.32. The summed E-state index contributed by atoms with van der Waals surface area (Å²) in [6.07, 6.45) is -3.81. The second kappa shape index (κ2) is 5.76. The Balaban J connectivity index is 2.60. The number of aromatic nitrogens is 1. The molecule has 0 aliphatic heterocycles. The Bertz CT molecular complexity index is 438. The summed E-state index contributed by atoms with van der Waals surface area (Å²) in [5, 5.41) is 4.81. The first-order valence-corrected chi connectivity index (χ1v) is 5.18. The van der Waals surface area contributed by atoms with Crippen LogP contribution in [-0.2, 0) is 6.18 Å². The third-order valence-electron chi connectivity index (χ3n) is 1.89. The summed E-state index contributed by atoms with van der Waals surface area (Å²) in [4.78, 5) is 13.9. The minimum absolute atomic E-state index is 0.107. The highest BCUT2D eigenvalue weighted by atomic mass is 35.5. The van der Waals surface area contributed by atoms with Crippen molar-refractivity contribution in [3.8, 4) is 0 Å². The maximum absolute atomic E-state index is 12.3. The number of nitrogens with one attached hydrogen (secondary N) is 2. The van der Waals surface area contributed by atoms with Crippen molar-refractivity contribution < 1.29 is 18.0 Å². The van der Waals surface area contributed by atoms with Crippen LogP contribution in [-0.4, -0.2) is 24.1 Å². The lowest BCUT2D eigenvalue weighted by Gasteiger charge is -2.10. The third-order valence-corrected chi connectivity index (χ3v) is 2.17. The molecule has 0 saturated heterocycles. The molecule has 0 fully saturated rings. The Labute approximate surface area is 106 Å². The Hall–Kier alpha value is -1.70. The number of alkyl halides is 3. The summed E-state index contributed by atoms with van der Waals surface area (Å²) in [5.74, 6) is 0.107. The topological polar surface area (TPSA) is 80.0 Å². The molecule has 9 heteroatoms. The zero-order chi connectivity index (χ0) is 13.8. The van der Waals surface area contributed by atoms with Crippen LogP contribution in [0.5, 0.6) is 0 Å². The minimum Gasteiger partial charge on any atom is -0.367 e. The number of rotatable bonds is 4. The number of amides is 2. The fourth-order valence-electron chi connectivity index (χ4n) is 1.09. The number of carbonyl (C=O) groups is 1. The molecule has 1 aromatic rings. The fourth-order valence-corrected chi connectivity index (χ4v) is 1.32. The zero-order valence-electron chi connectivity index (χ0n) is 9.01. The Kier molecular flexibility index (Phi) is 4.60. The second-order valence-corrected chi connectivity index (χ2v) is 3.68. The number of pyridine rings is 1. The average Bonchev–Trinajstić information content (AvgIpc) is 2.24.